The van der Waals surface area contributed by atoms with Gasteiger partial charge in [0.1, 0.15) is 0 Å². The molecule has 0 bridgehead atoms. The molecular weight excluding hydrogens is 413 g/mol. The highest BCUT2D eigenvalue weighted by Gasteiger charge is 2.34. The van der Waals surface area contributed by atoms with Gasteiger partial charge in [0.2, 0.25) is 0 Å². The summed E-state index contributed by atoms with van der Waals surface area (Å²) in [6, 6.07) is 6.30. The number of carbonyl (C=O) groups is 2. The van der Waals surface area contributed by atoms with Crippen LogP contribution in [-0.2, 0) is 22.3 Å². The van der Waals surface area contributed by atoms with Crippen molar-refractivity contribution < 1.29 is 33.0 Å². The van der Waals surface area contributed by atoms with E-state index in [1.807, 2.05) is 0 Å². The van der Waals surface area contributed by atoms with Gasteiger partial charge in [0, 0.05) is 31.3 Å². The van der Waals surface area contributed by atoms with Crippen molar-refractivity contribution in [3.05, 3.63) is 47.5 Å². The Morgan fingerprint density at radius 2 is 1.58 bits per heavy atom. The number of carboxylic acid groups (broad SMARTS) is 2. The van der Waals surface area contributed by atoms with Crippen LogP contribution in [0.1, 0.15) is 44.7 Å². The summed E-state index contributed by atoms with van der Waals surface area (Å²) in [4.78, 5) is 21.3. The maximum Gasteiger partial charge on any atom is 0.416 e. The van der Waals surface area contributed by atoms with Crippen molar-refractivity contribution in [3.63, 3.8) is 0 Å². The standard InChI is InChI=1S/C18H27F3N2.C4H4O4/c1-17(2,3)13-23(15-8-10-22-11-9-15)12-14-6-4-5-7-16(14)18(19,20)21;5-3(6)1-2-4(7)8/h4-7,15,22H,8-13H2,1-3H3;1-2H,(H,5,6)(H,7,8). The van der Waals surface area contributed by atoms with Crippen molar-refractivity contribution in [2.24, 2.45) is 5.41 Å². The Balaban J connectivity index is 0.000000512. The zero-order valence-electron chi connectivity index (χ0n) is 18.1. The van der Waals surface area contributed by atoms with Crippen molar-refractivity contribution in [3.8, 4) is 0 Å². The molecular formula is C22H31F3N2O4. The van der Waals surface area contributed by atoms with Crippen LogP contribution in [0.5, 0.6) is 0 Å². The second kappa shape index (κ2) is 11.9. The largest absolute Gasteiger partial charge is 0.478 e. The highest BCUT2D eigenvalue weighted by Crippen LogP contribution is 2.33. The Morgan fingerprint density at radius 1 is 1.06 bits per heavy atom. The topological polar surface area (TPSA) is 89.9 Å². The molecule has 1 aromatic rings. The summed E-state index contributed by atoms with van der Waals surface area (Å²) < 4.78 is 39.8. The molecule has 0 aliphatic carbocycles. The number of alkyl halides is 3. The number of nitrogens with one attached hydrogen (secondary N) is 1. The molecule has 0 aromatic heterocycles. The third kappa shape index (κ3) is 11.0. The number of hydrogen-bond donors (Lipinski definition) is 3. The Kier molecular flexibility index (Phi) is 10.2. The first-order valence-corrected chi connectivity index (χ1v) is 10.0. The monoisotopic (exact) mass is 444 g/mol. The summed E-state index contributed by atoms with van der Waals surface area (Å²) in [5, 5.41) is 18.9. The van der Waals surface area contributed by atoms with Gasteiger partial charge in [-0.15, -0.1) is 0 Å². The summed E-state index contributed by atoms with van der Waals surface area (Å²) >= 11 is 0. The molecule has 1 fully saturated rings. The maximum absolute atomic E-state index is 13.3. The third-order valence-corrected chi connectivity index (χ3v) is 4.57. The molecule has 1 saturated heterocycles. The van der Waals surface area contributed by atoms with E-state index in [4.69, 9.17) is 10.2 Å². The second-order valence-corrected chi connectivity index (χ2v) is 8.61. The van der Waals surface area contributed by atoms with E-state index >= 15 is 0 Å². The number of piperidine rings is 1. The van der Waals surface area contributed by atoms with Crippen LogP contribution in [0.4, 0.5) is 13.2 Å². The quantitative estimate of drug-likeness (QED) is 0.575. The fourth-order valence-corrected chi connectivity index (χ4v) is 3.39. The fourth-order valence-electron chi connectivity index (χ4n) is 3.39. The molecule has 31 heavy (non-hydrogen) atoms. The van der Waals surface area contributed by atoms with E-state index in [9.17, 15) is 22.8 Å². The molecule has 0 unspecified atom stereocenters. The Bertz CT molecular complexity index is 736. The molecule has 0 spiro atoms. The lowest BCUT2D eigenvalue weighted by Crippen LogP contribution is -2.46. The average Bonchev–Trinajstić information content (AvgIpc) is 2.66. The smallest absolute Gasteiger partial charge is 0.416 e. The molecule has 1 aliphatic rings. The van der Waals surface area contributed by atoms with Crippen LogP contribution in [0.2, 0.25) is 0 Å². The molecule has 0 saturated carbocycles. The van der Waals surface area contributed by atoms with Crippen LogP contribution in [0, 0.1) is 5.41 Å². The first kappa shape index (κ1) is 26.6. The van der Waals surface area contributed by atoms with Crippen molar-refractivity contribution in [1.29, 1.82) is 0 Å². The van der Waals surface area contributed by atoms with E-state index in [-0.39, 0.29) is 5.41 Å². The molecule has 3 N–H and O–H groups in total. The fraction of sp³-hybridized carbons (Fsp3) is 0.545. The molecule has 174 valence electrons. The van der Waals surface area contributed by atoms with Gasteiger partial charge in [0.15, 0.2) is 0 Å². The third-order valence-electron chi connectivity index (χ3n) is 4.57. The summed E-state index contributed by atoms with van der Waals surface area (Å²) in [5.74, 6) is -2.51. The number of nitrogens with zero attached hydrogens (tertiary/aromatic N) is 1. The molecule has 1 aliphatic heterocycles. The molecule has 6 nitrogen and oxygen atoms in total. The van der Waals surface area contributed by atoms with Gasteiger partial charge in [-0.05, 0) is 43.0 Å². The molecule has 2 rings (SSSR count). The minimum atomic E-state index is -4.29. The zero-order chi connectivity index (χ0) is 23.7. The lowest BCUT2D eigenvalue weighted by Gasteiger charge is -2.39. The number of hydrogen-bond acceptors (Lipinski definition) is 4. The molecule has 0 atom stereocenters. The first-order chi connectivity index (χ1) is 14.3. The van der Waals surface area contributed by atoms with Crippen LogP contribution in [0.3, 0.4) is 0 Å². The zero-order valence-corrected chi connectivity index (χ0v) is 18.1. The van der Waals surface area contributed by atoms with E-state index in [2.05, 4.69) is 31.0 Å². The number of rotatable bonds is 6. The predicted octanol–water partition coefficient (Wildman–Crippen LogP) is 4.02. The summed E-state index contributed by atoms with van der Waals surface area (Å²) in [6.45, 7) is 9.43. The van der Waals surface area contributed by atoms with E-state index in [1.54, 1.807) is 12.1 Å². The van der Waals surface area contributed by atoms with Crippen molar-refractivity contribution >= 4 is 11.9 Å². The van der Waals surface area contributed by atoms with Gasteiger partial charge in [-0.2, -0.15) is 13.2 Å². The van der Waals surface area contributed by atoms with Crippen molar-refractivity contribution in [2.45, 2.75) is 52.4 Å². The van der Waals surface area contributed by atoms with E-state index in [1.165, 1.54) is 12.1 Å². The molecule has 9 heteroatoms. The highest BCUT2D eigenvalue weighted by molar-refractivity contribution is 5.89. The van der Waals surface area contributed by atoms with Gasteiger partial charge < -0.3 is 15.5 Å². The van der Waals surface area contributed by atoms with Crippen LogP contribution >= 0.6 is 0 Å². The Morgan fingerprint density at radius 3 is 2.03 bits per heavy atom. The summed E-state index contributed by atoms with van der Waals surface area (Å²) in [5.41, 5.74) is -0.0754. The van der Waals surface area contributed by atoms with E-state index in [0.29, 0.717) is 30.3 Å². The van der Waals surface area contributed by atoms with Gasteiger partial charge in [-0.3, -0.25) is 4.90 Å². The Hall–Kier alpha value is -2.39. The van der Waals surface area contributed by atoms with Gasteiger partial charge in [0.25, 0.3) is 0 Å². The van der Waals surface area contributed by atoms with Crippen LogP contribution < -0.4 is 5.32 Å². The molecule has 0 amide bonds. The van der Waals surface area contributed by atoms with Crippen LogP contribution in [0.25, 0.3) is 0 Å². The molecule has 1 heterocycles. The SMILES string of the molecule is CC(C)(C)CN(Cc1ccccc1C(F)(F)F)C1CCNCC1.O=C(O)C=CC(=O)O. The van der Waals surface area contributed by atoms with Crippen molar-refractivity contribution in [1.82, 2.24) is 10.2 Å². The van der Waals surface area contributed by atoms with Crippen LogP contribution in [-0.4, -0.2) is 52.7 Å². The molecule has 1 aromatic carbocycles. The lowest BCUT2D eigenvalue weighted by atomic mass is 9.92. The number of aliphatic carboxylic acids is 2. The number of halogens is 3. The average molecular weight is 444 g/mol. The maximum atomic E-state index is 13.3. The highest BCUT2D eigenvalue weighted by atomic mass is 19.4. The number of benzene rings is 1. The minimum Gasteiger partial charge on any atom is -0.478 e. The van der Waals surface area contributed by atoms with Gasteiger partial charge in [-0.25, -0.2) is 9.59 Å². The van der Waals surface area contributed by atoms with Crippen LogP contribution in [0.15, 0.2) is 36.4 Å². The summed E-state index contributed by atoms with van der Waals surface area (Å²) in [7, 11) is 0. The van der Waals surface area contributed by atoms with Gasteiger partial charge in [-0.1, -0.05) is 39.0 Å². The Labute approximate surface area is 180 Å². The second-order valence-electron chi connectivity index (χ2n) is 8.61. The van der Waals surface area contributed by atoms with E-state index in [0.717, 1.165) is 32.5 Å². The first-order valence-electron chi connectivity index (χ1n) is 10.0. The number of carboxylic acids is 2. The minimum absolute atomic E-state index is 0.0536. The normalized spacial score (nSPS) is 15.6. The lowest BCUT2D eigenvalue weighted by molar-refractivity contribution is -0.138. The van der Waals surface area contributed by atoms with Crippen molar-refractivity contribution in [2.75, 3.05) is 19.6 Å². The summed E-state index contributed by atoms with van der Waals surface area (Å²) in [6.07, 6.45) is -1.20. The van der Waals surface area contributed by atoms with Gasteiger partial charge >= 0.3 is 18.1 Å². The predicted molar refractivity (Wildman–Crippen MR) is 112 cm³/mol. The molecule has 0 radical (unpaired) electrons. The van der Waals surface area contributed by atoms with E-state index < -0.39 is 23.7 Å². The van der Waals surface area contributed by atoms with Gasteiger partial charge in [0.05, 0.1) is 5.56 Å².